The molecule has 1 heterocycles. The Morgan fingerprint density at radius 2 is 1.45 bits per heavy atom. The number of hydrogen-bond acceptors (Lipinski definition) is 3. The SMILES string of the molecule is C[Si](C)(C)C#C[C@H]1[C@H]2C[C@H]([C@H]3C(=O)N(NC(=O)c4ccccc4)C(=O)[C@@H]23)[C@H]1c1ccccc1. The molecule has 168 valence electrons. The van der Waals surface area contributed by atoms with Crippen molar-refractivity contribution >= 4 is 25.8 Å². The minimum absolute atomic E-state index is 0.0316. The first-order chi connectivity index (χ1) is 15.8. The Hall–Kier alpha value is -3.17. The standard InChI is InChI=1S/C27H28N2O3Si/c1-33(2,3)15-14-19-20-16-21(22(19)17-10-6-4-7-11-17)24-23(20)26(31)29(27(24)32)28-25(30)18-12-8-5-9-13-18/h4-13,19-24H,16H2,1-3H3,(H,28,30)/t19-,20+,21-,22-,23-,24+/m0/s1. The van der Waals surface area contributed by atoms with Gasteiger partial charge in [-0.2, -0.15) is 5.01 Å². The lowest BCUT2D eigenvalue weighted by Crippen LogP contribution is -2.47. The second-order valence-corrected chi connectivity index (χ2v) is 15.2. The number of nitrogens with one attached hydrogen (secondary N) is 1. The lowest BCUT2D eigenvalue weighted by atomic mass is 9.67. The fraction of sp³-hybridized carbons (Fsp3) is 0.370. The van der Waals surface area contributed by atoms with E-state index in [2.05, 4.69) is 48.7 Å². The van der Waals surface area contributed by atoms with Crippen LogP contribution in [-0.2, 0) is 9.59 Å². The summed E-state index contributed by atoms with van der Waals surface area (Å²) in [5, 5.41) is 0.986. The van der Waals surface area contributed by atoms with Gasteiger partial charge in [-0.1, -0.05) is 68.2 Å². The van der Waals surface area contributed by atoms with Gasteiger partial charge >= 0.3 is 0 Å². The molecule has 1 aliphatic heterocycles. The zero-order valence-corrected chi connectivity index (χ0v) is 20.1. The third kappa shape index (κ3) is 3.71. The molecule has 33 heavy (non-hydrogen) atoms. The quantitative estimate of drug-likeness (QED) is 0.433. The maximum absolute atomic E-state index is 13.4. The van der Waals surface area contributed by atoms with Gasteiger partial charge < -0.3 is 0 Å². The number of fused-ring (bicyclic) bond motifs is 5. The Bertz CT molecular complexity index is 1160. The summed E-state index contributed by atoms with van der Waals surface area (Å²) in [5.74, 6) is 2.03. The number of hydrogen-bond donors (Lipinski definition) is 1. The molecule has 3 amide bonds. The summed E-state index contributed by atoms with van der Waals surface area (Å²) in [5.41, 5.74) is 7.71. The lowest BCUT2D eigenvalue weighted by Gasteiger charge is -2.33. The number of benzene rings is 2. The van der Waals surface area contributed by atoms with Crippen molar-refractivity contribution in [2.75, 3.05) is 0 Å². The van der Waals surface area contributed by atoms with Gasteiger partial charge in [0.25, 0.3) is 17.7 Å². The molecule has 5 nitrogen and oxygen atoms in total. The van der Waals surface area contributed by atoms with Crippen molar-refractivity contribution in [3.8, 4) is 11.5 Å². The van der Waals surface area contributed by atoms with Crippen molar-refractivity contribution in [1.82, 2.24) is 10.4 Å². The first kappa shape index (κ1) is 21.7. The number of hydrazine groups is 1. The molecular formula is C27H28N2O3Si. The van der Waals surface area contributed by atoms with Crippen molar-refractivity contribution in [2.24, 2.45) is 29.6 Å². The van der Waals surface area contributed by atoms with E-state index in [4.69, 9.17) is 0 Å². The fourth-order valence-electron chi connectivity index (χ4n) is 5.99. The van der Waals surface area contributed by atoms with Crippen molar-refractivity contribution in [2.45, 2.75) is 32.0 Å². The molecule has 3 fully saturated rings. The highest BCUT2D eigenvalue weighted by Gasteiger charge is 2.67. The van der Waals surface area contributed by atoms with Crippen LogP contribution < -0.4 is 5.43 Å². The van der Waals surface area contributed by atoms with E-state index in [1.807, 2.05) is 24.3 Å². The van der Waals surface area contributed by atoms with Gasteiger partial charge in [-0.3, -0.25) is 19.8 Å². The Kier molecular flexibility index (Phi) is 5.25. The van der Waals surface area contributed by atoms with Crippen LogP contribution in [-0.4, -0.2) is 30.8 Å². The molecule has 0 spiro atoms. The second kappa shape index (κ2) is 8.00. The number of carbonyl (C=O) groups is 3. The summed E-state index contributed by atoms with van der Waals surface area (Å²) in [6, 6.07) is 18.9. The maximum Gasteiger partial charge on any atom is 0.270 e. The second-order valence-electron chi connectivity index (χ2n) is 10.4. The summed E-state index contributed by atoms with van der Waals surface area (Å²) < 4.78 is 0. The van der Waals surface area contributed by atoms with Crippen LogP contribution in [0.3, 0.4) is 0 Å². The predicted molar refractivity (Wildman–Crippen MR) is 128 cm³/mol. The lowest BCUT2D eigenvalue weighted by molar-refractivity contribution is -0.143. The number of imide groups is 1. The van der Waals surface area contributed by atoms with E-state index in [1.165, 1.54) is 5.56 Å². The molecule has 6 heteroatoms. The Morgan fingerprint density at radius 3 is 2.06 bits per heavy atom. The smallest absolute Gasteiger partial charge is 0.270 e. The van der Waals surface area contributed by atoms with Gasteiger partial charge in [-0.15, -0.1) is 11.5 Å². The van der Waals surface area contributed by atoms with Gasteiger partial charge in [0.1, 0.15) is 8.07 Å². The van der Waals surface area contributed by atoms with Gasteiger partial charge in [0, 0.05) is 17.4 Å². The summed E-state index contributed by atoms with van der Waals surface area (Å²) in [6.07, 6.45) is 0.831. The molecule has 2 aromatic rings. The van der Waals surface area contributed by atoms with Gasteiger partial charge in [-0.25, -0.2) is 0 Å². The van der Waals surface area contributed by atoms with Crippen molar-refractivity contribution < 1.29 is 14.4 Å². The van der Waals surface area contributed by atoms with Crippen LogP contribution >= 0.6 is 0 Å². The number of carbonyl (C=O) groups excluding carboxylic acids is 3. The Balaban J connectivity index is 1.47. The summed E-state index contributed by atoms with van der Waals surface area (Å²) >= 11 is 0. The highest BCUT2D eigenvalue weighted by molar-refractivity contribution is 6.83. The van der Waals surface area contributed by atoms with Crippen molar-refractivity contribution in [3.63, 3.8) is 0 Å². The molecule has 2 saturated carbocycles. The average molecular weight is 457 g/mol. The highest BCUT2D eigenvalue weighted by Crippen LogP contribution is 2.64. The van der Waals surface area contributed by atoms with E-state index in [0.717, 1.165) is 11.4 Å². The van der Waals surface area contributed by atoms with E-state index in [-0.39, 0.29) is 35.5 Å². The van der Waals surface area contributed by atoms with Gasteiger partial charge in [0.2, 0.25) is 0 Å². The summed E-state index contributed by atoms with van der Waals surface area (Å²) in [6.45, 7) is 6.66. The number of amides is 3. The zero-order valence-electron chi connectivity index (χ0n) is 19.1. The molecule has 0 unspecified atom stereocenters. The third-order valence-corrected chi connectivity index (χ3v) is 8.12. The van der Waals surface area contributed by atoms with E-state index in [1.54, 1.807) is 24.3 Å². The van der Waals surface area contributed by atoms with Crippen molar-refractivity contribution in [1.29, 1.82) is 0 Å². The van der Waals surface area contributed by atoms with Gasteiger partial charge in [0.05, 0.1) is 11.8 Å². The zero-order chi connectivity index (χ0) is 23.3. The number of rotatable bonds is 3. The predicted octanol–water partition coefficient (Wildman–Crippen LogP) is 3.86. The average Bonchev–Trinajstić information content (AvgIpc) is 3.44. The molecule has 0 radical (unpaired) electrons. The molecule has 6 atom stereocenters. The molecule has 1 saturated heterocycles. The summed E-state index contributed by atoms with van der Waals surface area (Å²) in [4.78, 5) is 39.5. The molecule has 2 aliphatic carbocycles. The first-order valence-electron chi connectivity index (χ1n) is 11.6. The summed E-state index contributed by atoms with van der Waals surface area (Å²) in [7, 11) is -1.60. The minimum Gasteiger partial charge on any atom is -0.272 e. The fourth-order valence-corrected chi connectivity index (χ4v) is 6.58. The third-order valence-electron chi connectivity index (χ3n) is 7.22. The largest absolute Gasteiger partial charge is 0.272 e. The molecule has 3 aliphatic rings. The van der Waals surface area contributed by atoms with Crippen LogP contribution in [0.2, 0.25) is 19.6 Å². The Morgan fingerprint density at radius 1 is 0.879 bits per heavy atom. The van der Waals surface area contributed by atoms with Gasteiger partial charge in [0.15, 0.2) is 0 Å². The Labute approximate surface area is 195 Å². The van der Waals surface area contributed by atoms with Gasteiger partial charge in [-0.05, 0) is 36.0 Å². The van der Waals surface area contributed by atoms with E-state index < -0.39 is 25.8 Å². The van der Waals surface area contributed by atoms with Crippen LogP contribution in [0.4, 0.5) is 0 Å². The van der Waals surface area contributed by atoms with Crippen LogP contribution in [0.25, 0.3) is 0 Å². The van der Waals surface area contributed by atoms with E-state index >= 15 is 0 Å². The molecule has 2 aromatic carbocycles. The molecule has 1 N–H and O–H groups in total. The van der Waals surface area contributed by atoms with Crippen LogP contribution in [0, 0.1) is 41.1 Å². The minimum atomic E-state index is -1.60. The molecule has 5 rings (SSSR count). The highest BCUT2D eigenvalue weighted by atomic mass is 28.3. The molecule has 2 bridgehead atoms. The molecular weight excluding hydrogens is 428 g/mol. The number of nitrogens with zero attached hydrogens (tertiary/aromatic N) is 1. The normalized spacial score (nSPS) is 30.1. The maximum atomic E-state index is 13.4. The van der Waals surface area contributed by atoms with E-state index in [0.29, 0.717) is 5.56 Å². The molecule has 0 aromatic heterocycles. The monoisotopic (exact) mass is 456 g/mol. The van der Waals surface area contributed by atoms with Crippen molar-refractivity contribution in [3.05, 3.63) is 71.8 Å². The van der Waals surface area contributed by atoms with E-state index in [9.17, 15) is 14.4 Å². The van der Waals surface area contributed by atoms with Crippen LogP contribution in [0.1, 0.15) is 28.3 Å². The van der Waals surface area contributed by atoms with Crippen LogP contribution in [0.15, 0.2) is 60.7 Å². The first-order valence-corrected chi connectivity index (χ1v) is 15.1. The van der Waals surface area contributed by atoms with Crippen LogP contribution in [0.5, 0.6) is 0 Å². The topological polar surface area (TPSA) is 66.5 Å².